The highest BCUT2D eigenvalue weighted by Crippen LogP contribution is 2.25. The van der Waals surface area contributed by atoms with Crippen LogP contribution in [0.1, 0.15) is 47.2 Å². The molecule has 0 aliphatic rings. The highest BCUT2D eigenvalue weighted by Gasteiger charge is 2.15. The normalized spacial score (nSPS) is 12.4. The number of rotatable bonds is 6. The zero-order chi connectivity index (χ0) is 15.2. The van der Waals surface area contributed by atoms with Crippen molar-refractivity contribution in [2.75, 3.05) is 6.54 Å². The van der Waals surface area contributed by atoms with Gasteiger partial charge in [0, 0.05) is 6.04 Å². The van der Waals surface area contributed by atoms with Crippen molar-refractivity contribution in [2.45, 2.75) is 46.6 Å². The largest absolute Gasteiger partial charge is 0.310 e. The zero-order valence-electron chi connectivity index (χ0n) is 13.7. The fraction of sp³-hybridized carbons (Fsp3) is 0.400. The van der Waals surface area contributed by atoms with Gasteiger partial charge in [0.25, 0.3) is 0 Å². The van der Waals surface area contributed by atoms with Gasteiger partial charge < -0.3 is 5.32 Å². The van der Waals surface area contributed by atoms with Crippen LogP contribution in [0.4, 0.5) is 0 Å². The molecule has 0 spiro atoms. The summed E-state index contributed by atoms with van der Waals surface area (Å²) in [6.45, 7) is 9.86. The van der Waals surface area contributed by atoms with E-state index in [0.29, 0.717) is 6.04 Å². The minimum Gasteiger partial charge on any atom is -0.310 e. The fourth-order valence-corrected chi connectivity index (χ4v) is 2.93. The number of aryl methyl sites for hydroxylation is 3. The Kier molecular flexibility index (Phi) is 5.58. The summed E-state index contributed by atoms with van der Waals surface area (Å²) in [6, 6.07) is 15.9. The Morgan fingerprint density at radius 2 is 1.52 bits per heavy atom. The van der Waals surface area contributed by atoms with Gasteiger partial charge in [-0.3, -0.25) is 0 Å². The van der Waals surface area contributed by atoms with E-state index in [4.69, 9.17) is 0 Å². The van der Waals surface area contributed by atoms with Crippen LogP contribution in [-0.2, 0) is 6.42 Å². The first-order chi connectivity index (χ1) is 10.1. The maximum atomic E-state index is 3.73. The summed E-state index contributed by atoms with van der Waals surface area (Å²) < 4.78 is 0. The Balaban J connectivity index is 2.27. The number of benzene rings is 2. The second-order valence-corrected chi connectivity index (χ2v) is 6.00. The van der Waals surface area contributed by atoms with E-state index in [9.17, 15) is 0 Å². The van der Waals surface area contributed by atoms with Gasteiger partial charge in [-0.25, -0.2) is 0 Å². The molecular formula is C20H27N. The molecule has 0 aliphatic heterocycles. The number of nitrogens with one attached hydrogen (secondary N) is 1. The smallest absolute Gasteiger partial charge is 0.0366 e. The van der Waals surface area contributed by atoms with Gasteiger partial charge in [0.15, 0.2) is 0 Å². The highest BCUT2D eigenvalue weighted by atomic mass is 14.9. The third-order valence-electron chi connectivity index (χ3n) is 4.09. The molecule has 0 saturated carbocycles. The van der Waals surface area contributed by atoms with Crippen LogP contribution in [0.5, 0.6) is 0 Å². The average Bonchev–Trinajstić information content (AvgIpc) is 2.46. The van der Waals surface area contributed by atoms with E-state index in [1.54, 1.807) is 0 Å². The lowest BCUT2D eigenvalue weighted by atomic mass is 9.91. The van der Waals surface area contributed by atoms with Gasteiger partial charge in [0.05, 0.1) is 0 Å². The predicted molar refractivity (Wildman–Crippen MR) is 91.8 cm³/mol. The third-order valence-corrected chi connectivity index (χ3v) is 4.09. The molecule has 0 saturated heterocycles. The second kappa shape index (κ2) is 7.42. The molecule has 0 amide bonds. The zero-order valence-corrected chi connectivity index (χ0v) is 13.7. The molecule has 2 aromatic rings. The van der Waals surface area contributed by atoms with E-state index in [1.165, 1.54) is 27.8 Å². The Morgan fingerprint density at radius 3 is 2.10 bits per heavy atom. The molecule has 0 fully saturated rings. The molecule has 112 valence electrons. The Hall–Kier alpha value is -1.60. The molecule has 0 radical (unpaired) electrons. The van der Waals surface area contributed by atoms with Crippen molar-refractivity contribution in [1.29, 1.82) is 0 Å². The molecule has 21 heavy (non-hydrogen) atoms. The quantitative estimate of drug-likeness (QED) is 0.794. The summed E-state index contributed by atoms with van der Waals surface area (Å²) >= 11 is 0. The van der Waals surface area contributed by atoms with Crippen molar-refractivity contribution in [1.82, 2.24) is 5.32 Å². The number of hydrogen-bond donors (Lipinski definition) is 1. The van der Waals surface area contributed by atoms with E-state index in [2.05, 4.69) is 75.5 Å². The molecule has 1 N–H and O–H groups in total. The molecule has 1 atom stereocenters. The molecule has 2 rings (SSSR count). The molecule has 1 heteroatoms. The molecule has 0 heterocycles. The Bertz CT molecular complexity index is 549. The van der Waals surface area contributed by atoms with Crippen LogP contribution >= 0.6 is 0 Å². The lowest BCUT2D eigenvalue weighted by Gasteiger charge is -2.23. The van der Waals surface area contributed by atoms with Gasteiger partial charge in [-0.15, -0.1) is 0 Å². The van der Waals surface area contributed by atoms with Crippen LogP contribution in [0.3, 0.4) is 0 Å². The molecule has 1 nitrogen and oxygen atoms in total. The summed E-state index contributed by atoms with van der Waals surface area (Å²) in [5.41, 5.74) is 6.96. The summed E-state index contributed by atoms with van der Waals surface area (Å²) in [7, 11) is 0. The van der Waals surface area contributed by atoms with Crippen LogP contribution in [0.2, 0.25) is 0 Å². The molecular weight excluding hydrogens is 254 g/mol. The lowest BCUT2D eigenvalue weighted by molar-refractivity contribution is 0.525. The van der Waals surface area contributed by atoms with E-state index >= 15 is 0 Å². The van der Waals surface area contributed by atoms with Gasteiger partial charge in [-0.1, -0.05) is 55.0 Å². The molecule has 1 unspecified atom stereocenters. The second-order valence-electron chi connectivity index (χ2n) is 6.00. The summed E-state index contributed by atoms with van der Waals surface area (Å²) in [6.07, 6.45) is 2.21. The summed E-state index contributed by atoms with van der Waals surface area (Å²) in [4.78, 5) is 0. The van der Waals surface area contributed by atoms with E-state index in [-0.39, 0.29) is 0 Å². The van der Waals surface area contributed by atoms with Crippen molar-refractivity contribution in [3.63, 3.8) is 0 Å². The SMILES string of the molecule is CCCNC(Cc1ccc(C)cc1)c1c(C)cccc1C. The highest BCUT2D eigenvalue weighted by molar-refractivity contribution is 5.37. The lowest BCUT2D eigenvalue weighted by Crippen LogP contribution is -2.25. The molecule has 0 aliphatic carbocycles. The van der Waals surface area contributed by atoms with E-state index < -0.39 is 0 Å². The fourth-order valence-electron chi connectivity index (χ4n) is 2.93. The first-order valence-corrected chi connectivity index (χ1v) is 7.97. The first-order valence-electron chi connectivity index (χ1n) is 7.97. The summed E-state index contributed by atoms with van der Waals surface area (Å²) in [5.74, 6) is 0. The van der Waals surface area contributed by atoms with Gasteiger partial charge in [-0.2, -0.15) is 0 Å². The minimum absolute atomic E-state index is 0.397. The van der Waals surface area contributed by atoms with Gasteiger partial charge in [0.1, 0.15) is 0 Å². The Morgan fingerprint density at radius 1 is 0.905 bits per heavy atom. The topological polar surface area (TPSA) is 12.0 Å². The van der Waals surface area contributed by atoms with Crippen molar-refractivity contribution in [3.8, 4) is 0 Å². The van der Waals surface area contributed by atoms with Crippen molar-refractivity contribution < 1.29 is 0 Å². The van der Waals surface area contributed by atoms with Gasteiger partial charge in [-0.05, 0) is 62.4 Å². The van der Waals surface area contributed by atoms with Crippen LogP contribution in [0, 0.1) is 20.8 Å². The Labute approximate surface area is 129 Å². The van der Waals surface area contributed by atoms with E-state index in [0.717, 1.165) is 19.4 Å². The van der Waals surface area contributed by atoms with Crippen LogP contribution in [0.25, 0.3) is 0 Å². The van der Waals surface area contributed by atoms with Crippen molar-refractivity contribution in [3.05, 3.63) is 70.3 Å². The predicted octanol–water partition coefficient (Wildman–Crippen LogP) is 4.90. The molecule has 0 bridgehead atoms. The summed E-state index contributed by atoms with van der Waals surface area (Å²) in [5, 5.41) is 3.73. The maximum absolute atomic E-state index is 3.73. The monoisotopic (exact) mass is 281 g/mol. The number of hydrogen-bond acceptors (Lipinski definition) is 1. The first kappa shape index (κ1) is 15.8. The minimum atomic E-state index is 0.397. The van der Waals surface area contributed by atoms with Gasteiger partial charge >= 0.3 is 0 Å². The average molecular weight is 281 g/mol. The molecule has 0 aromatic heterocycles. The van der Waals surface area contributed by atoms with Crippen molar-refractivity contribution in [2.24, 2.45) is 0 Å². The standard InChI is InChI=1S/C20H27N/c1-5-13-21-19(14-18-11-9-15(2)10-12-18)20-16(3)7-6-8-17(20)4/h6-12,19,21H,5,13-14H2,1-4H3. The molecule has 2 aromatic carbocycles. The van der Waals surface area contributed by atoms with Crippen LogP contribution in [-0.4, -0.2) is 6.54 Å². The van der Waals surface area contributed by atoms with Gasteiger partial charge in [0.2, 0.25) is 0 Å². The van der Waals surface area contributed by atoms with E-state index in [1.807, 2.05) is 0 Å². The van der Waals surface area contributed by atoms with Crippen molar-refractivity contribution >= 4 is 0 Å². The van der Waals surface area contributed by atoms with Crippen LogP contribution in [0.15, 0.2) is 42.5 Å². The maximum Gasteiger partial charge on any atom is 0.0366 e. The van der Waals surface area contributed by atoms with Crippen LogP contribution < -0.4 is 5.32 Å². The third kappa shape index (κ3) is 4.18.